The maximum absolute atomic E-state index is 13.0. The van der Waals surface area contributed by atoms with Gasteiger partial charge < -0.3 is 4.74 Å². The fraction of sp³-hybridized carbons (Fsp3) is 0.286. The van der Waals surface area contributed by atoms with E-state index in [0.717, 1.165) is 22.7 Å². The molecule has 2 heterocycles. The van der Waals surface area contributed by atoms with Crippen molar-refractivity contribution in [2.75, 3.05) is 20.2 Å². The number of rotatable bonds is 6. The third kappa shape index (κ3) is 4.17. The van der Waals surface area contributed by atoms with Crippen LogP contribution >= 0.6 is 0 Å². The lowest BCUT2D eigenvalue weighted by Gasteiger charge is -2.30. The predicted octanol–water partition coefficient (Wildman–Crippen LogP) is 3.56. The van der Waals surface area contributed by atoms with E-state index in [4.69, 9.17) is 4.74 Å². The molecule has 1 N–H and O–H groups in total. The number of aromatic amines is 1. The fourth-order valence-corrected chi connectivity index (χ4v) is 5.45. The lowest BCUT2D eigenvalue weighted by atomic mass is 9.94. The van der Waals surface area contributed by atoms with Crippen LogP contribution in [0.3, 0.4) is 0 Å². The highest BCUT2D eigenvalue weighted by Gasteiger charge is 2.34. The monoisotopic (exact) mass is 442 g/mol. The van der Waals surface area contributed by atoms with Crippen LogP contribution in [0.2, 0.25) is 0 Å². The Hall–Kier alpha value is -3.24. The molecular formula is C21H22N4O5S. The number of ether oxygens (including phenoxy) is 1. The molecule has 0 atom stereocenters. The highest BCUT2D eigenvalue weighted by atomic mass is 32.2. The standard InChI is InChI=1S/C21H22N4O5S/c1-30-17-8-6-15(7-9-17)18-14-19(23-22-18)16-10-12-24(13-11-16)31(28,29)21-5-3-2-4-20(21)25(26)27/h2-9,14,16H,10-13H2,1H3,(H,22,23). The van der Waals surface area contributed by atoms with E-state index in [1.807, 2.05) is 30.3 Å². The Balaban J connectivity index is 1.47. The molecule has 3 aromatic rings. The minimum absolute atomic E-state index is 0.136. The van der Waals surface area contributed by atoms with E-state index in [9.17, 15) is 18.5 Å². The summed E-state index contributed by atoms with van der Waals surface area (Å²) in [7, 11) is -2.32. The van der Waals surface area contributed by atoms with Crippen LogP contribution in [0.4, 0.5) is 5.69 Å². The second-order valence-electron chi connectivity index (χ2n) is 7.34. The van der Waals surface area contributed by atoms with E-state index in [2.05, 4.69) is 10.2 Å². The van der Waals surface area contributed by atoms with Crippen LogP contribution in [0.5, 0.6) is 5.75 Å². The minimum atomic E-state index is -3.93. The third-order valence-corrected chi connectivity index (χ3v) is 7.50. The van der Waals surface area contributed by atoms with Crippen molar-refractivity contribution in [2.45, 2.75) is 23.7 Å². The molecule has 1 aliphatic rings. The van der Waals surface area contributed by atoms with Crippen molar-refractivity contribution >= 4 is 15.7 Å². The van der Waals surface area contributed by atoms with Crippen LogP contribution in [-0.4, -0.2) is 48.0 Å². The van der Waals surface area contributed by atoms with E-state index < -0.39 is 20.6 Å². The van der Waals surface area contributed by atoms with Gasteiger partial charge in [0.2, 0.25) is 10.0 Å². The smallest absolute Gasteiger partial charge is 0.289 e. The van der Waals surface area contributed by atoms with Gasteiger partial charge in [-0.2, -0.15) is 9.40 Å². The Labute approximate surface area is 179 Å². The summed E-state index contributed by atoms with van der Waals surface area (Å²) in [6.07, 6.45) is 1.20. The van der Waals surface area contributed by atoms with Gasteiger partial charge >= 0.3 is 0 Å². The molecule has 0 aliphatic carbocycles. The van der Waals surface area contributed by atoms with Crippen LogP contribution < -0.4 is 4.74 Å². The molecule has 0 saturated carbocycles. The molecule has 1 aromatic heterocycles. The largest absolute Gasteiger partial charge is 0.497 e. The summed E-state index contributed by atoms with van der Waals surface area (Å²) in [4.78, 5) is 10.3. The number of sulfonamides is 1. The summed E-state index contributed by atoms with van der Waals surface area (Å²) in [6, 6.07) is 15.0. The number of aromatic nitrogens is 2. The molecule has 162 valence electrons. The molecule has 0 amide bonds. The van der Waals surface area contributed by atoms with Gasteiger partial charge in [0, 0.05) is 36.3 Å². The molecule has 9 nitrogen and oxygen atoms in total. The van der Waals surface area contributed by atoms with Crippen molar-refractivity contribution < 1.29 is 18.1 Å². The Kier molecular flexibility index (Phi) is 5.75. The topological polar surface area (TPSA) is 118 Å². The molecule has 0 spiro atoms. The van der Waals surface area contributed by atoms with Gasteiger partial charge in [-0.25, -0.2) is 8.42 Å². The lowest BCUT2D eigenvalue weighted by molar-refractivity contribution is -0.387. The van der Waals surface area contributed by atoms with Gasteiger partial charge in [-0.15, -0.1) is 0 Å². The van der Waals surface area contributed by atoms with Gasteiger partial charge in [0.1, 0.15) is 5.75 Å². The number of piperidine rings is 1. The SMILES string of the molecule is COc1ccc(-c2cc(C3CCN(S(=O)(=O)c4ccccc4[N+](=O)[O-])CC3)[nH]n2)cc1. The molecule has 0 unspecified atom stereocenters. The average molecular weight is 442 g/mol. The summed E-state index contributed by atoms with van der Waals surface area (Å²) in [5, 5.41) is 18.7. The molecule has 0 bridgehead atoms. The average Bonchev–Trinajstić information content (AvgIpc) is 3.29. The van der Waals surface area contributed by atoms with Crippen molar-refractivity contribution in [2.24, 2.45) is 0 Å². The first-order chi connectivity index (χ1) is 14.9. The third-order valence-electron chi connectivity index (χ3n) is 5.56. The van der Waals surface area contributed by atoms with E-state index >= 15 is 0 Å². The first-order valence-corrected chi connectivity index (χ1v) is 11.3. The normalized spacial score (nSPS) is 15.6. The molecule has 10 heteroatoms. The Morgan fingerprint density at radius 2 is 1.81 bits per heavy atom. The van der Waals surface area contributed by atoms with Crippen molar-refractivity contribution in [3.8, 4) is 17.0 Å². The second-order valence-corrected chi connectivity index (χ2v) is 9.25. The number of para-hydroxylation sites is 1. The fourth-order valence-electron chi connectivity index (χ4n) is 3.83. The predicted molar refractivity (Wildman–Crippen MR) is 114 cm³/mol. The highest BCUT2D eigenvalue weighted by Crippen LogP contribution is 2.33. The number of benzene rings is 2. The Bertz CT molecular complexity index is 1180. The maximum Gasteiger partial charge on any atom is 0.289 e. The number of methoxy groups -OCH3 is 1. The Morgan fingerprint density at radius 3 is 2.45 bits per heavy atom. The molecule has 0 radical (unpaired) electrons. The maximum atomic E-state index is 13.0. The van der Waals surface area contributed by atoms with Gasteiger partial charge in [-0.3, -0.25) is 15.2 Å². The summed E-state index contributed by atoms with van der Waals surface area (Å²) in [5.41, 5.74) is 2.32. The van der Waals surface area contributed by atoms with Crippen LogP contribution in [0, 0.1) is 10.1 Å². The van der Waals surface area contributed by atoms with Gasteiger partial charge in [0.25, 0.3) is 5.69 Å². The molecule has 1 fully saturated rings. The van der Waals surface area contributed by atoms with Crippen LogP contribution in [0.15, 0.2) is 59.5 Å². The van der Waals surface area contributed by atoms with Gasteiger partial charge in [0.05, 0.1) is 17.7 Å². The number of hydrogen-bond donors (Lipinski definition) is 1. The number of hydrogen-bond acceptors (Lipinski definition) is 6. The summed E-state index contributed by atoms with van der Waals surface area (Å²) in [6.45, 7) is 0.575. The molecule has 1 aliphatic heterocycles. The van der Waals surface area contributed by atoms with Crippen molar-refractivity contribution in [1.29, 1.82) is 0 Å². The molecular weight excluding hydrogens is 420 g/mol. The zero-order chi connectivity index (χ0) is 22.0. The van der Waals surface area contributed by atoms with E-state index in [0.29, 0.717) is 12.8 Å². The van der Waals surface area contributed by atoms with E-state index in [-0.39, 0.29) is 23.9 Å². The summed E-state index contributed by atoms with van der Waals surface area (Å²) >= 11 is 0. The van der Waals surface area contributed by atoms with Crippen LogP contribution in [-0.2, 0) is 10.0 Å². The number of nitrogens with zero attached hydrogens (tertiary/aromatic N) is 3. The summed E-state index contributed by atoms with van der Waals surface area (Å²) < 4.78 is 32.5. The first kappa shape index (κ1) is 21.0. The number of nitro groups is 1. The molecule has 4 rings (SSSR count). The first-order valence-electron chi connectivity index (χ1n) is 9.83. The van der Waals surface area contributed by atoms with Gasteiger partial charge in [0.15, 0.2) is 4.90 Å². The van der Waals surface area contributed by atoms with Crippen LogP contribution in [0.1, 0.15) is 24.5 Å². The zero-order valence-electron chi connectivity index (χ0n) is 16.9. The number of H-pyrrole nitrogens is 1. The van der Waals surface area contributed by atoms with Crippen molar-refractivity contribution in [3.05, 3.63) is 70.4 Å². The Morgan fingerprint density at radius 1 is 1.13 bits per heavy atom. The number of nitrogens with one attached hydrogen (secondary N) is 1. The highest BCUT2D eigenvalue weighted by molar-refractivity contribution is 7.89. The number of nitro benzene ring substituents is 1. The van der Waals surface area contributed by atoms with Gasteiger partial charge in [-0.1, -0.05) is 12.1 Å². The van der Waals surface area contributed by atoms with Gasteiger partial charge in [-0.05, 0) is 49.2 Å². The molecule has 31 heavy (non-hydrogen) atoms. The van der Waals surface area contributed by atoms with Crippen molar-refractivity contribution in [1.82, 2.24) is 14.5 Å². The van der Waals surface area contributed by atoms with E-state index in [1.54, 1.807) is 7.11 Å². The van der Waals surface area contributed by atoms with Crippen molar-refractivity contribution in [3.63, 3.8) is 0 Å². The molecule has 1 saturated heterocycles. The quantitative estimate of drug-likeness (QED) is 0.461. The minimum Gasteiger partial charge on any atom is -0.497 e. The lowest BCUT2D eigenvalue weighted by Crippen LogP contribution is -2.38. The van der Waals surface area contributed by atoms with Crippen LogP contribution in [0.25, 0.3) is 11.3 Å². The zero-order valence-corrected chi connectivity index (χ0v) is 17.7. The summed E-state index contributed by atoms with van der Waals surface area (Å²) in [5.74, 6) is 0.906. The second kappa shape index (κ2) is 8.48. The van der Waals surface area contributed by atoms with E-state index in [1.165, 1.54) is 28.6 Å². The molecule has 2 aromatic carbocycles.